The van der Waals surface area contributed by atoms with Crippen molar-refractivity contribution < 1.29 is 27.4 Å². The van der Waals surface area contributed by atoms with Gasteiger partial charge in [0.1, 0.15) is 6.04 Å². The van der Waals surface area contributed by atoms with Gasteiger partial charge in [0.25, 0.3) is 0 Å². The minimum absolute atomic E-state index is 0.00450. The summed E-state index contributed by atoms with van der Waals surface area (Å²) in [6.07, 6.45) is 1.56. The molecule has 33 heavy (non-hydrogen) atoms. The summed E-state index contributed by atoms with van der Waals surface area (Å²) in [6, 6.07) is 16.0. The highest BCUT2D eigenvalue weighted by Gasteiger charge is 2.53. The van der Waals surface area contributed by atoms with Gasteiger partial charge in [0.2, 0.25) is 10.0 Å². The van der Waals surface area contributed by atoms with Crippen LogP contribution in [0.25, 0.3) is 0 Å². The van der Waals surface area contributed by atoms with Crippen LogP contribution < -0.4 is 10.5 Å². The number of hydrogen-bond donors (Lipinski definition) is 2. The number of benzene rings is 2. The molecule has 0 amide bonds. The Bertz CT molecular complexity index is 1260. The van der Waals surface area contributed by atoms with Gasteiger partial charge in [-0.3, -0.25) is 9.78 Å². The maximum Gasteiger partial charge on any atom is 0.320 e. The molecule has 0 aliphatic carbocycles. The van der Waals surface area contributed by atoms with E-state index in [0.717, 1.165) is 0 Å². The van der Waals surface area contributed by atoms with Gasteiger partial charge < -0.3 is 15.6 Å². The smallest absolute Gasteiger partial charge is 0.320 e. The van der Waals surface area contributed by atoms with Crippen LogP contribution in [0.2, 0.25) is 0 Å². The normalized spacial score (nSPS) is 16.5. The Balaban J connectivity index is 1.60. The van der Waals surface area contributed by atoms with E-state index in [1.165, 1.54) is 34.6 Å². The van der Waals surface area contributed by atoms with Gasteiger partial charge in [-0.15, -0.1) is 0 Å². The maximum atomic E-state index is 14.3. The van der Waals surface area contributed by atoms with Crippen molar-refractivity contribution in [3.63, 3.8) is 0 Å². The van der Waals surface area contributed by atoms with E-state index in [2.05, 4.69) is 4.98 Å². The Morgan fingerprint density at radius 2 is 1.88 bits per heavy atom. The van der Waals surface area contributed by atoms with E-state index in [9.17, 15) is 17.6 Å². The quantitative estimate of drug-likeness (QED) is 0.516. The molecule has 0 saturated carbocycles. The van der Waals surface area contributed by atoms with Crippen LogP contribution in [-0.2, 0) is 26.8 Å². The van der Waals surface area contributed by atoms with Crippen molar-refractivity contribution in [2.24, 2.45) is 5.73 Å². The number of pyridine rings is 1. The standard InChI is InChI=1S/C23H22FN3O5S/c24-18-8-1-2-9-20(18)32-23(21-10-3-4-11-26-21)14-27(15-23)33(30,31)17-7-5-6-16(12-17)13-19(25)22(28)29/h1-12,19H,13-15,25H2,(H,28,29)/t19-/m0/s1. The van der Waals surface area contributed by atoms with Crippen LogP contribution in [0.4, 0.5) is 4.39 Å². The topological polar surface area (TPSA) is 123 Å². The van der Waals surface area contributed by atoms with Gasteiger partial charge in [-0.1, -0.05) is 30.3 Å². The lowest BCUT2D eigenvalue weighted by molar-refractivity contribution is -0.138. The summed E-state index contributed by atoms with van der Waals surface area (Å²) < 4.78 is 48.0. The SMILES string of the molecule is N[C@@H](Cc1cccc(S(=O)(=O)N2CC(Oc3ccccc3F)(c3ccccn3)C2)c1)C(=O)O. The number of ether oxygens (including phenoxy) is 1. The van der Waals surface area contributed by atoms with Gasteiger partial charge in [-0.2, -0.15) is 4.31 Å². The summed E-state index contributed by atoms with van der Waals surface area (Å²) in [7, 11) is -3.92. The van der Waals surface area contributed by atoms with Gasteiger partial charge in [0.05, 0.1) is 23.7 Å². The Morgan fingerprint density at radius 3 is 2.55 bits per heavy atom. The van der Waals surface area contributed by atoms with E-state index < -0.39 is 33.5 Å². The molecule has 1 saturated heterocycles. The van der Waals surface area contributed by atoms with E-state index in [1.807, 2.05) is 0 Å². The summed E-state index contributed by atoms with van der Waals surface area (Å²) in [5.74, 6) is -1.72. The minimum atomic E-state index is -3.92. The molecular weight excluding hydrogens is 449 g/mol. The van der Waals surface area contributed by atoms with Crippen LogP contribution in [0.1, 0.15) is 11.3 Å². The summed E-state index contributed by atoms with van der Waals surface area (Å²) >= 11 is 0. The lowest BCUT2D eigenvalue weighted by Crippen LogP contribution is -2.64. The van der Waals surface area contributed by atoms with Gasteiger partial charge in [0.15, 0.2) is 17.2 Å². The Labute approximate surface area is 190 Å². The zero-order chi connectivity index (χ0) is 23.6. The van der Waals surface area contributed by atoms with Crippen LogP contribution >= 0.6 is 0 Å². The van der Waals surface area contributed by atoms with Crippen molar-refractivity contribution in [3.8, 4) is 5.75 Å². The highest BCUT2D eigenvalue weighted by Crippen LogP contribution is 2.39. The minimum Gasteiger partial charge on any atom is -0.480 e. The molecule has 3 aromatic rings. The molecular formula is C23H22FN3O5S. The fourth-order valence-corrected chi connectivity index (χ4v) is 5.27. The molecule has 4 rings (SSSR count). The van der Waals surface area contributed by atoms with E-state index >= 15 is 0 Å². The molecule has 1 fully saturated rings. The number of nitrogens with zero attached hydrogens (tertiary/aromatic N) is 2. The molecule has 2 aromatic carbocycles. The van der Waals surface area contributed by atoms with E-state index in [4.69, 9.17) is 15.6 Å². The fourth-order valence-electron chi connectivity index (χ4n) is 3.67. The third-order valence-electron chi connectivity index (χ3n) is 5.45. The average molecular weight is 472 g/mol. The number of nitrogens with two attached hydrogens (primary N) is 1. The monoisotopic (exact) mass is 471 g/mol. The number of sulfonamides is 1. The maximum absolute atomic E-state index is 14.3. The fraction of sp³-hybridized carbons (Fsp3) is 0.217. The van der Waals surface area contributed by atoms with Crippen LogP contribution in [0.5, 0.6) is 5.75 Å². The van der Waals surface area contributed by atoms with Crippen molar-refractivity contribution in [2.75, 3.05) is 13.1 Å². The summed E-state index contributed by atoms with van der Waals surface area (Å²) in [6.45, 7) is -0.140. The Kier molecular flexibility index (Phi) is 6.15. The van der Waals surface area contributed by atoms with Gasteiger partial charge in [0, 0.05) is 6.20 Å². The molecule has 0 bridgehead atoms. The summed E-state index contributed by atoms with van der Waals surface area (Å²) in [4.78, 5) is 15.4. The van der Waals surface area contributed by atoms with E-state index in [1.54, 1.807) is 42.6 Å². The number of halogens is 1. The number of carboxylic acids is 1. The number of carbonyl (C=O) groups is 1. The third-order valence-corrected chi connectivity index (χ3v) is 7.23. The number of para-hydroxylation sites is 1. The second-order valence-corrected chi connectivity index (χ2v) is 9.75. The summed E-state index contributed by atoms with van der Waals surface area (Å²) in [5.41, 5.74) is 5.40. The Morgan fingerprint density at radius 1 is 1.15 bits per heavy atom. The molecule has 10 heteroatoms. The molecule has 0 unspecified atom stereocenters. The first-order valence-corrected chi connectivity index (χ1v) is 11.6. The van der Waals surface area contributed by atoms with Gasteiger partial charge >= 0.3 is 5.97 Å². The zero-order valence-electron chi connectivity index (χ0n) is 17.5. The molecule has 1 aliphatic heterocycles. The zero-order valence-corrected chi connectivity index (χ0v) is 18.3. The van der Waals surface area contributed by atoms with Crippen molar-refractivity contribution in [1.82, 2.24) is 9.29 Å². The van der Waals surface area contributed by atoms with Gasteiger partial charge in [-0.05, 0) is 48.4 Å². The highest BCUT2D eigenvalue weighted by molar-refractivity contribution is 7.89. The molecule has 8 nitrogen and oxygen atoms in total. The number of carboxylic acid groups (broad SMARTS) is 1. The first kappa shape index (κ1) is 22.8. The first-order valence-electron chi connectivity index (χ1n) is 10.1. The lowest BCUT2D eigenvalue weighted by Gasteiger charge is -2.48. The predicted molar refractivity (Wildman–Crippen MR) is 117 cm³/mol. The molecule has 1 atom stereocenters. The summed E-state index contributed by atoms with van der Waals surface area (Å²) in [5, 5.41) is 9.02. The van der Waals surface area contributed by atoms with Crippen LogP contribution in [0.15, 0.2) is 77.8 Å². The van der Waals surface area contributed by atoms with Crippen LogP contribution in [-0.4, -0.2) is 47.9 Å². The van der Waals surface area contributed by atoms with Gasteiger partial charge in [-0.25, -0.2) is 12.8 Å². The molecule has 0 radical (unpaired) electrons. The van der Waals surface area contributed by atoms with Crippen molar-refractivity contribution in [3.05, 3.63) is 90.0 Å². The second kappa shape index (κ2) is 8.89. The number of rotatable bonds is 8. The lowest BCUT2D eigenvalue weighted by atomic mass is 9.91. The van der Waals surface area contributed by atoms with Crippen molar-refractivity contribution in [1.29, 1.82) is 0 Å². The molecule has 2 heterocycles. The van der Waals surface area contributed by atoms with E-state index in [0.29, 0.717) is 11.3 Å². The van der Waals surface area contributed by atoms with Crippen molar-refractivity contribution in [2.45, 2.75) is 23.0 Å². The Hall–Kier alpha value is -3.34. The van der Waals surface area contributed by atoms with Crippen molar-refractivity contribution >= 4 is 16.0 Å². The largest absolute Gasteiger partial charge is 0.480 e. The first-order chi connectivity index (χ1) is 15.7. The molecule has 0 spiro atoms. The third kappa shape index (κ3) is 4.58. The average Bonchev–Trinajstić information content (AvgIpc) is 2.77. The number of aromatic nitrogens is 1. The molecule has 172 valence electrons. The predicted octanol–water partition coefficient (Wildman–Crippen LogP) is 2.15. The number of hydrogen-bond acceptors (Lipinski definition) is 6. The van der Waals surface area contributed by atoms with E-state index in [-0.39, 0.29) is 30.2 Å². The van der Waals surface area contributed by atoms with Crippen LogP contribution in [0.3, 0.4) is 0 Å². The van der Waals surface area contributed by atoms with Crippen LogP contribution in [0, 0.1) is 5.82 Å². The number of aliphatic carboxylic acids is 1. The molecule has 1 aromatic heterocycles. The second-order valence-electron chi connectivity index (χ2n) is 7.81. The highest BCUT2D eigenvalue weighted by atomic mass is 32.2. The molecule has 3 N–H and O–H groups in total. The molecule has 1 aliphatic rings.